The van der Waals surface area contributed by atoms with Crippen LogP contribution in [0.3, 0.4) is 0 Å². The fraction of sp³-hybridized carbons (Fsp3) is 0.571. The van der Waals surface area contributed by atoms with Crippen molar-refractivity contribution in [3.63, 3.8) is 0 Å². The van der Waals surface area contributed by atoms with Gasteiger partial charge in [-0.3, -0.25) is 0 Å². The van der Waals surface area contributed by atoms with Crippen molar-refractivity contribution in [1.82, 2.24) is 4.90 Å². The number of nitrogens with zero attached hydrogens (tertiary/aromatic N) is 1. The minimum atomic E-state index is 0.0318. The summed E-state index contributed by atoms with van der Waals surface area (Å²) in [6.45, 7) is 0.897. The zero-order valence-electron chi connectivity index (χ0n) is 11.0. The average molecular weight is 234 g/mol. The molecule has 3 heteroatoms. The Bertz CT molecular complexity index is 397. The molecule has 1 aliphatic rings. The largest absolute Gasteiger partial charge is 0.496 e. The van der Waals surface area contributed by atoms with Crippen LogP contribution in [0.1, 0.15) is 24.0 Å². The van der Waals surface area contributed by atoms with Crippen molar-refractivity contribution in [2.24, 2.45) is 5.73 Å². The van der Waals surface area contributed by atoms with Crippen molar-refractivity contribution in [2.75, 3.05) is 21.2 Å². The van der Waals surface area contributed by atoms with E-state index in [9.17, 15) is 0 Å². The van der Waals surface area contributed by atoms with Crippen LogP contribution in [-0.4, -0.2) is 31.6 Å². The van der Waals surface area contributed by atoms with Gasteiger partial charge in [-0.2, -0.15) is 0 Å². The fourth-order valence-electron chi connectivity index (χ4n) is 2.22. The maximum atomic E-state index is 6.19. The molecular weight excluding hydrogens is 212 g/mol. The van der Waals surface area contributed by atoms with Crippen LogP contribution in [0.2, 0.25) is 0 Å². The highest BCUT2D eigenvalue weighted by Crippen LogP contribution is 2.38. The van der Waals surface area contributed by atoms with Crippen molar-refractivity contribution in [3.05, 3.63) is 29.3 Å². The maximum Gasteiger partial charge on any atom is 0.126 e. The molecule has 0 heterocycles. The van der Waals surface area contributed by atoms with Crippen molar-refractivity contribution in [1.29, 1.82) is 0 Å². The highest BCUT2D eigenvalue weighted by molar-refractivity contribution is 5.43. The lowest BCUT2D eigenvalue weighted by molar-refractivity contribution is 0.368. The van der Waals surface area contributed by atoms with Gasteiger partial charge in [-0.25, -0.2) is 0 Å². The van der Waals surface area contributed by atoms with Gasteiger partial charge in [-0.15, -0.1) is 0 Å². The number of nitrogens with two attached hydrogens (primary N) is 1. The highest BCUT2D eigenvalue weighted by Gasteiger charge is 2.38. The van der Waals surface area contributed by atoms with Crippen LogP contribution in [0.5, 0.6) is 5.75 Å². The highest BCUT2D eigenvalue weighted by atomic mass is 16.5. The normalized spacial score (nSPS) is 17.2. The molecule has 1 aromatic rings. The Hall–Kier alpha value is -1.06. The molecule has 1 fully saturated rings. The fourth-order valence-corrected chi connectivity index (χ4v) is 2.22. The second-order valence-electron chi connectivity index (χ2n) is 5.39. The molecule has 94 valence electrons. The van der Waals surface area contributed by atoms with E-state index in [1.165, 1.54) is 11.1 Å². The number of ether oxygens (including phenoxy) is 1. The molecule has 0 radical (unpaired) electrons. The second-order valence-corrected chi connectivity index (χ2v) is 5.39. The molecule has 1 aromatic carbocycles. The molecular formula is C14H22N2O. The van der Waals surface area contributed by atoms with E-state index in [4.69, 9.17) is 10.5 Å². The first-order valence-corrected chi connectivity index (χ1v) is 6.12. The summed E-state index contributed by atoms with van der Waals surface area (Å²) in [5.74, 6) is 1.01. The Morgan fingerprint density at radius 3 is 2.47 bits per heavy atom. The van der Waals surface area contributed by atoms with E-state index in [2.05, 4.69) is 37.2 Å². The van der Waals surface area contributed by atoms with Crippen LogP contribution in [0.4, 0.5) is 0 Å². The molecule has 1 saturated carbocycles. The lowest BCUT2D eigenvalue weighted by atomic mass is 10.0. The lowest BCUT2D eigenvalue weighted by Gasteiger charge is -2.18. The van der Waals surface area contributed by atoms with E-state index in [1.807, 2.05) is 0 Å². The van der Waals surface area contributed by atoms with Crippen LogP contribution < -0.4 is 10.5 Å². The number of methoxy groups -OCH3 is 1. The average Bonchev–Trinajstić information content (AvgIpc) is 2.95. The molecule has 0 saturated heterocycles. The maximum absolute atomic E-state index is 6.19. The minimum Gasteiger partial charge on any atom is -0.496 e. The van der Waals surface area contributed by atoms with Crippen LogP contribution in [-0.2, 0) is 13.0 Å². The Morgan fingerprint density at radius 1 is 1.29 bits per heavy atom. The van der Waals surface area contributed by atoms with Crippen LogP contribution in [0, 0.1) is 0 Å². The molecule has 1 aliphatic carbocycles. The molecule has 0 aliphatic heterocycles. The molecule has 0 atom stereocenters. The molecule has 0 unspecified atom stereocenters. The number of rotatable bonds is 5. The summed E-state index contributed by atoms with van der Waals surface area (Å²) in [7, 11) is 5.88. The third-order valence-corrected chi connectivity index (χ3v) is 3.30. The number of hydrogen-bond acceptors (Lipinski definition) is 3. The summed E-state index contributed by atoms with van der Waals surface area (Å²) >= 11 is 0. The van der Waals surface area contributed by atoms with Gasteiger partial charge in [-0.05, 0) is 38.9 Å². The van der Waals surface area contributed by atoms with E-state index in [0.29, 0.717) is 0 Å². The standard InChI is InChI=1S/C14H22N2O/c1-16(2)10-12-6-4-5-11(13(12)17-3)9-14(15)7-8-14/h4-6H,7-10,15H2,1-3H3. The van der Waals surface area contributed by atoms with E-state index >= 15 is 0 Å². The molecule has 0 aromatic heterocycles. The quantitative estimate of drug-likeness (QED) is 0.844. The first-order valence-electron chi connectivity index (χ1n) is 6.12. The topological polar surface area (TPSA) is 38.5 Å². The van der Waals surface area contributed by atoms with Gasteiger partial charge in [0.05, 0.1) is 7.11 Å². The van der Waals surface area contributed by atoms with E-state index in [-0.39, 0.29) is 5.54 Å². The van der Waals surface area contributed by atoms with Crippen molar-refractivity contribution >= 4 is 0 Å². The van der Waals surface area contributed by atoms with Crippen molar-refractivity contribution in [3.8, 4) is 5.75 Å². The van der Waals surface area contributed by atoms with Crippen molar-refractivity contribution < 1.29 is 4.74 Å². The third kappa shape index (κ3) is 2.99. The molecule has 3 nitrogen and oxygen atoms in total. The minimum absolute atomic E-state index is 0.0318. The van der Waals surface area contributed by atoms with Gasteiger partial charge in [0, 0.05) is 17.6 Å². The summed E-state index contributed by atoms with van der Waals surface area (Å²) in [5.41, 5.74) is 8.70. The Labute approximate surface area is 104 Å². The van der Waals surface area contributed by atoms with Crippen LogP contribution in [0.25, 0.3) is 0 Å². The van der Waals surface area contributed by atoms with Gasteiger partial charge in [0.1, 0.15) is 5.75 Å². The lowest BCUT2D eigenvalue weighted by Crippen LogP contribution is -2.25. The van der Waals surface area contributed by atoms with Gasteiger partial charge in [0.2, 0.25) is 0 Å². The Balaban J connectivity index is 2.25. The zero-order chi connectivity index (χ0) is 12.5. The Kier molecular flexibility index (Phi) is 3.40. The van der Waals surface area contributed by atoms with Gasteiger partial charge in [0.25, 0.3) is 0 Å². The number of benzene rings is 1. The molecule has 2 N–H and O–H groups in total. The molecule has 0 bridgehead atoms. The van der Waals surface area contributed by atoms with Crippen LogP contribution >= 0.6 is 0 Å². The molecule has 0 amide bonds. The van der Waals surface area contributed by atoms with E-state index in [0.717, 1.165) is 31.6 Å². The van der Waals surface area contributed by atoms with E-state index in [1.54, 1.807) is 7.11 Å². The summed E-state index contributed by atoms with van der Waals surface area (Å²) in [5, 5.41) is 0. The predicted molar refractivity (Wildman–Crippen MR) is 70.2 cm³/mol. The first kappa shape index (κ1) is 12.4. The van der Waals surface area contributed by atoms with Crippen molar-refractivity contribution in [2.45, 2.75) is 31.3 Å². The molecule has 2 rings (SSSR count). The summed E-state index contributed by atoms with van der Waals surface area (Å²) in [4.78, 5) is 2.15. The molecule has 17 heavy (non-hydrogen) atoms. The summed E-state index contributed by atoms with van der Waals surface area (Å²) in [6, 6.07) is 6.35. The summed E-state index contributed by atoms with van der Waals surface area (Å²) < 4.78 is 5.57. The first-order chi connectivity index (χ1) is 8.04. The van der Waals surface area contributed by atoms with Gasteiger partial charge in [-0.1, -0.05) is 18.2 Å². The van der Waals surface area contributed by atoms with Gasteiger partial charge < -0.3 is 15.4 Å². The smallest absolute Gasteiger partial charge is 0.126 e. The second kappa shape index (κ2) is 4.67. The number of hydrogen-bond donors (Lipinski definition) is 1. The SMILES string of the molecule is COc1c(CN(C)C)cccc1CC1(N)CC1. The Morgan fingerprint density at radius 2 is 1.94 bits per heavy atom. The third-order valence-electron chi connectivity index (χ3n) is 3.30. The summed E-state index contributed by atoms with van der Waals surface area (Å²) in [6.07, 6.45) is 3.19. The van der Waals surface area contributed by atoms with Gasteiger partial charge >= 0.3 is 0 Å². The monoisotopic (exact) mass is 234 g/mol. The van der Waals surface area contributed by atoms with Gasteiger partial charge in [0.15, 0.2) is 0 Å². The zero-order valence-corrected chi connectivity index (χ0v) is 11.0. The van der Waals surface area contributed by atoms with E-state index < -0.39 is 0 Å². The molecule has 0 spiro atoms. The number of para-hydroxylation sites is 1. The van der Waals surface area contributed by atoms with Crippen LogP contribution in [0.15, 0.2) is 18.2 Å². The predicted octanol–water partition coefficient (Wildman–Crippen LogP) is 1.79.